The van der Waals surface area contributed by atoms with E-state index >= 15 is 0 Å². The van der Waals surface area contributed by atoms with E-state index in [1.807, 2.05) is 0 Å². The molecule has 1 aliphatic heterocycles. The Morgan fingerprint density at radius 3 is 2.32 bits per heavy atom. The van der Waals surface area contributed by atoms with Gasteiger partial charge in [0.15, 0.2) is 0 Å². The molecule has 0 amide bonds. The highest BCUT2D eigenvalue weighted by atomic mass is 15.2. The number of hydrogen-bond donors (Lipinski definition) is 2. The van der Waals surface area contributed by atoms with E-state index in [1.54, 1.807) is 0 Å². The normalized spacial score (nSPS) is 17.8. The molecule has 3 heteroatoms. The molecular weight excluding hydrogens is 306 g/mol. The average Bonchev–Trinajstić information content (AvgIpc) is 2.69. The fraction of sp³-hybridized carbons (Fsp3) is 0.455. The van der Waals surface area contributed by atoms with Crippen molar-refractivity contribution in [2.45, 2.75) is 32.9 Å². The van der Waals surface area contributed by atoms with Gasteiger partial charge < -0.3 is 10.6 Å². The van der Waals surface area contributed by atoms with E-state index in [0.717, 1.165) is 32.7 Å². The van der Waals surface area contributed by atoms with Crippen LogP contribution in [0.4, 0.5) is 5.69 Å². The molecule has 0 saturated carbocycles. The first-order valence-electron chi connectivity index (χ1n) is 9.60. The van der Waals surface area contributed by atoms with Crippen LogP contribution in [0.3, 0.4) is 0 Å². The van der Waals surface area contributed by atoms with E-state index in [4.69, 9.17) is 0 Å². The van der Waals surface area contributed by atoms with E-state index in [1.165, 1.54) is 23.2 Å². The van der Waals surface area contributed by atoms with Crippen LogP contribution in [0.15, 0.2) is 54.6 Å². The highest BCUT2D eigenvalue weighted by Crippen LogP contribution is 2.31. The van der Waals surface area contributed by atoms with Crippen LogP contribution in [-0.2, 0) is 6.54 Å². The Balaban J connectivity index is 1.67. The molecule has 2 N–H and O–H groups in total. The van der Waals surface area contributed by atoms with Gasteiger partial charge in [0, 0.05) is 44.5 Å². The van der Waals surface area contributed by atoms with Crippen molar-refractivity contribution in [3.63, 3.8) is 0 Å². The molecule has 1 unspecified atom stereocenters. The van der Waals surface area contributed by atoms with Crippen molar-refractivity contribution in [2.75, 3.05) is 31.5 Å². The molecule has 1 saturated heterocycles. The van der Waals surface area contributed by atoms with Gasteiger partial charge in [0.2, 0.25) is 0 Å². The molecule has 25 heavy (non-hydrogen) atoms. The van der Waals surface area contributed by atoms with E-state index in [0.29, 0.717) is 12.0 Å². The zero-order valence-corrected chi connectivity index (χ0v) is 15.5. The second-order valence-corrected chi connectivity index (χ2v) is 7.08. The molecular formula is C22H31N3. The lowest BCUT2D eigenvalue weighted by molar-refractivity contribution is 0.128. The molecule has 0 spiro atoms. The number of hydrogen-bond acceptors (Lipinski definition) is 3. The summed E-state index contributed by atoms with van der Waals surface area (Å²) >= 11 is 0. The zero-order chi connectivity index (χ0) is 17.5. The monoisotopic (exact) mass is 337 g/mol. The van der Waals surface area contributed by atoms with Crippen LogP contribution in [0.5, 0.6) is 0 Å². The molecule has 0 aromatic heterocycles. The third-order valence-corrected chi connectivity index (χ3v) is 5.32. The number of nitrogens with one attached hydrogen (secondary N) is 2. The number of anilines is 1. The van der Waals surface area contributed by atoms with E-state index in [9.17, 15) is 0 Å². The Kier molecular flexibility index (Phi) is 6.48. The number of benzene rings is 2. The second kappa shape index (κ2) is 9.02. The molecule has 3 rings (SSSR count). The Morgan fingerprint density at radius 1 is 1.00 bits per heavy atom. The third-order valence-electron chi connectivity index (χ3n) is 5.32. The maximum Gasteiger partial charge on any atom is 0.0400 e. The van der Waals surface area contributed by atoms with E-state index < -0.39 is 0 Å². The van der Waals surface area contributed by atoms with Crippen molar-refractivity contribution in [1.29, 1.82) is 0 Å². The predicted octanol–water partition coefficient (Wildman–Crippen LogP) is 4.29. The van der Waals surface area contributed by atoms with Gasteiger partial charge in [-0.3, -0.25) is 4.90 Å². The fourth-order valence-electron chi connectivity index (χ4n) is 3.68. The predicted molar refractivity (Wildman–Crippen MR) is 107 cm³/mol. The first kappa shape index (κ1) is 18.0. The minimum atomic E-state index is 0.523. The van der Waals surface area contributed by atoms with E-state index in [-0.39, 0.29) is 0 Å². The van der Waals surface area contributed by atoms with Crippen molar-refractivity contribution in [3.05, 3.63) is 65.7 Å². The minimum absolute atomic E-state index is 0.523. The number of piperazine rings is 1. The Hall–Kier alpha value is -1.84. The van der Waals surface area contributed by atoms with Crippen LogP contribution in [0.25, 0.3) is 0 Å². The lowest BCUT2D eigenvalue weighted by atomic mass is 9.90. The van der Waals surface area contributed by atoms with Crippen LogP contribution in [0.2, 0.25) is 0 Å². The summed E-state index contributed by atoms with van der Waals surface area (Å²) in [5.41, 5.74) is 3.95. The summed E-state index contributed by atoms with van der Waals surface area (Å²) in [5, 5.41) is 6.99. The molecule has 3 nitrogen and oxygen atoms in total. The first-order chi connectivity index (χ1) is 12.3. The van der Waals surface area contributed by atoms with Gasteiger partial charge in [-0.25, -0.2) is 0 Å². The second-order valence-electron chi connectivity index (χ2n) is 7.08. The van der Waals surface area contributed by atoms with Gasteiger partial charge in [-0.15, -0.1) is 0 Å². The van der Waals surface area contributed by atoms with Gasteiger partial charge >= 0.3 is 0 Å². The smallest absolute Gasteiger partial charge is 0.0400 e. The van der Waals surface area contributed by atoms with Crippen molar-refractivity contribution in [1.82, 2.24) is 10.2 Å². The Bertz CT molecular complexity index is 617. The van der Waals surface area contributed by atoms with Crippen LogP contribution in [0, 0.1) is 5.92 Å². The van der Waals surface area contributed by atoms with Crippen molar-refractivity contribution < 1.29 is 0 Å². The third kappa shape index (κ3) is 4.83. The highest BCUT2D eigenvalue weighted by Gasteiger charge is 2.26. The number of rotatable bonds is 7. The number of nitrogens with zero attached hydrogens (tertiary/aromatic N) is 1. The molecule has 0 aliphatic carbocycles. The SMILES string of the molecule is CCC(C)[C@H](c1ccc(NCc2ccccc2)cc1)N1CCNCC1. The quantitative estimate of drug-likeness (QED) is 0.789. The first-order valence-corrected chi connectivity index (χ1v) is 9.60. The lowest BCUT2D eigenvalue weighted by Gasteiger charge is -2.38. The summed E-state index contributed by atoms with van der Waals surface area (Å²) in [4.78, 5) is 2.65. The van der Waals surface area contributed by atoms with Crippen molar-refractivity contribution >= 4 is 5.69 Å². The molecule has 1 fully saturated rings. The lowest BCUT2D eigenvalue weighted by Crippen LogP contribution is -2.46. The summed E-state index contributed by atoms with van der Waals surface area (Å²) in [7, 11) is 0. The summed E-state index contributed by atoms with van der Waals surface area (Å²) in [5.74, 6) is 0.668. The molecule has 0 bridgehead atoms. The molecule has 1 aliphatic rings. The molecule has 2 aromatic carbocycles. The highest BCUT2D eigenvalue weighted by molar-refractivity contribution is 5.45. The zero-order valence-electron chi connectivity index (χ0n) is 15.5. The Morgan fingerprint density at radius 2 is 1.68 bits per heavy atom. The van der Waals surface area contributed by atoms with Gasteiger partial charge in [-0.05, 0) is 29.2 Å². The molecule has 2 aromatic rings. The summed E-state index contributed by atoms with van der Waals surface area (Å²) in [6.07, 6.45) is 1.21. The van der Waals surface area contributed by atoms with Crippen molar-refractivity contribution in [2.24, 2.45) is 5.92 Å². The van der Waals surface area contributed by atoms with Gasteiger partial charge in [0.1, 0.15) is 0 Å². The molecule has 0 radical (unpaired) electrons. The van der Waals surface area contributed by atoms with Crippen molar-refractivity contribution in [3.8, 4) is 0 Å². The van der Waals surface area contributed by atoms with Crippen LogP contribution < -0.4 is 10.6 Å². The molecule has 134 valence electrons. The van der Waals surface area contributed by atoms with Crippen LogP contribution in [0.1, 0.15) is 37.4 Å². The molecule has 1 heterocycles. The summed E-state index contributed by atoms with van der Waals surface area (Å²) in [6.45, 7) is 10.0. The fourth-order valence-corrected chi connectivity index (χ4v) is 3.68. The summed E-state index contributed by atoms with van der Waals surface area (Å²) in [6, 6.07) is 20.2. The van der Waals surface area contributed by atoms with E-state index in [2.05, 4.69) is 84.0 Å². The van der Waals surface area contributed by atoms with Crippen LogP contribution >= 0.6 is 0 Å². The largest absolute Gasteiger partial charge is 0.381 e. The van der Waals surface area contributed by atoms with Gasteiger partial charge in [0.05, 0.1) is 0 Å². The van der Waals surface area contributed by atoms with Gasteiger partial charge in [0.25, 0.3) is 0 Å². The topological polar surface area (TPSA) is 27.3 Å². The molecule has 2 atom stereocenters. The Labute approximate surface area is 152 Å². The maximum absolute atomic E-state index is 3.53. The maximum atomic E-state index is 3.53. The van der Waals surface area contributed by atoms with Gasteiger partial charge in [-0.1, -0.05) is 62.7 Å². The standard InChI is InChI=1S/C22H31N3/c1-3-18(2)22(25-15-13-23-14-16-25)20-9-11-21(12-10-20)24-17-19-7-5-4-6-8-19/h4-12,18,22-24H,3,13-17H2,1-2H3/t18?,22-/m1/s1. The van der Waals surface area contributed by atoms with Crippen LogP contribution in [-0.4, -0.2) is 31.1 Å². The summed E-state index contributed by atoms with van der Waals surface area (Å²) < 4.78 is 0. The average molecular weight is 338 g/mol. The van der Waals surface area contributed by atoms with Gasteiger partial charge in [-0.2, -0.15) is 0 Å². The minimum Gasteiger partial charge on any atom is -0.381 e.